The largest absolute Gasteiger partial charge is 0.324 e. The molecule has 0 aliphatic carbocycles. The first kappa shape index (κ1) is 13.0. The van der Waals surface area contributed by atoms with Crippen molar-refractivity contribution in [2.75, 3.05) is 0 Å². The van der Waals surface area contributed by atoms with E-state index in [2.05, 4.69) is 0 Å². The Hall–Kier alpha value is -1.45. The van der Waals surface area contributed by atoms with Crippen molar-refractivity contribution in [2.45, 2.75) is 12.5 Å². The summed E-state index contributed by atoms with van der Waals surface area (Å²) in [5, 5.41) is 0.150. The summed E-state index contributed by atoms with van der Waals surface area (Å²) in [5.74, 6) is -1.90. The minimum atomic E-state index is -0.967. The fraction of sp³-hybridized carbons (Fsp3) is 0.143. The molecule has 2 N–H and O–H groups in total. The molecule has 0 aliphatic heterocycles. The molecule has 0 saturated heterocycles. The Morgan fingerprint density at radius 1 is 1.06 bits per heavy atom. The normalized spacial score (nSPS) is 12.4. The first-order chi connectivity index (χ1) is 8.59. The van der Waals surface area contributed by atoms with Crippen molar-refractivity contribution < 1.29 is 8.78 Å². The fourth-order valence-corrected chi connectivity index (χ4v) is 2.14. The third kappa shape index (κ3) is 2.68. The van der Waals surface area contributed by atoms with Crippen molar-refractivity contribution in [1.29, 1.82) is 0 Å². The third-order valence-electron chi connectivity index (χ3n) is 2.75. The monoisotopic (exact) mass is 267 g/mol. The van der Waals surface area contributed by atoms with Crippen LogP contribution in [0.2, 0.25) is 5.02 Å². The minimum absolute atomic E-state index is 0.0283. The van der Waals surface area contributed by atoms with E-state index in [9.17, 15) is 8.78 Å². The quantitative estimate of drug-likeness (QED) is 0.840. The first-order valence-corrected chi connectivity index (χ1v) is 5.90. The lowest BCUT2D eigenvalue weighted by molar-refractivity contribution is 0.488. The van der Waals surface area contributed by atoms with E-state index in [4.69, 9.17) is 17.3 Å². The van der Waals surface area contributed by atoms with Crippen LogP contribution < -0.4 is 5.73 Å². The van der Waals surface area contributed by atoms with Gasteiger partial charge < -0.3 is 5.73 Å². The standard InChI is InChI=1S/C14H12ClF2N/c15-10-6-7-11(16)14(17)13(10)12(18)8-9-4-2-1-3-5-9/h1-7,12H,8,18H2. The van der Waals surface area contributed by atoms with Crippen LogP contribution in [0.4, 0.5) is 8.78 Å². The summed E-state index contributed by atoms with van der Waals surface area (Å²) in [7, 11) is 0. The Morgan fingerprint density at radius 3 is 2.39 bits per heavy atom. The number of benzene rings is 2. The third-order valence-corrected chi connectivity index (χ3v) is 3.08. The lowest BCUT2D eigenvalue weighted by Crippen LogP contribution is -2.16. The molecule has 0 spiro atoms. The van der Waals surface area contributed by atoms with Gasteiger partial charge in [0.1, 0.15) is 0 Å². The van der Waals surface area contributed by atoms with E-state index in [-0.39, 0.29) is 10.6 Å². The van der Waals surface area contributed by atoms with Crippen LogP contribution in [0, 0.1) is 11.6 Å². The predicted octanol–water partition coefficient (Wildman–Crippen LogP) is 3.86. The second-order valence-corrected chi connectivity index (χ2v) is 4.46. The second kappa shape index (κ2) is 5.46. The SMILES string of the molecule is NC(Cc1ccccc1)c1c(Cl)ccc(F)c1F. The molecule has 18 heavy (non-hydrogen) atoms. The summed E-state index contributed by atoms with van der Waals surface area (Å²) < 4.78 is 26.8. The van der Waals surface area contributed by atoms with Gasteiger partial charge in [0, 0.05) is 16.6 Å². The molecule has 4 heteroatoms. The van der Waals surface area contributed by atoms with Crippen molar-refractivity contribution in [1.82, 2.24) is 0 Å². The molecule has 0 radical (unpaired) electrons. The van der Waals surface area contributed by atoms with Gasteiger partial charge in [0.15, 0.2) is 11.6 Å². The van der Waals surface area contributed by atoms with Gasteiger partial charge >= 0.3 is 0 Å². The molecule has 0 amide bonds. The molecule has 1 atom stereocenters. The predicted molar refractivity (Wildman–Crippen MR) is 68.4 cm³/mol. The smallest absolute Gasteiger partial charge is 0.165 e. The average molecular weight is 268 g/mol. The van der Waals surface area contributed by atoms with E-state index < -0.39 is 17.7 Å². The molecule has 94 valence electrons. The zero-order valence-corrected chi connectivity index (χ0v) is 10.3. The lowest BCUT2D eigenvalue weighted by atomic mass is 9.99. The van der Waals surface area contributed by atoms with Gasteiger partial charge in [-0.1, -0.05) is 41.9 Å². The molecule has 2 aromatic rings. The van der Waals surface area contributed by atoms with Gasteiger partial charge in [0.05, 0.1) is 0 Å². The number of hydrogen-bond donors (Lipinski definition) is 1. The minimum Gasteiger partial charge on any atom is -0.324 e. The van der Waals surface area contributed by atoms with Crippen molar-refractivity contribution in [3.63, 3.8) is 0 Å². The first-order valence-electron chi connectivity index (χ1n) is 5.52. The number of nitrogens with two attached hydrogens (primary N) is 1. The van der Waals surface area contributed by atoms with E-state index >= 15 is 0 Å². The molecule has 0 heterocycles. The maximum absolute atomic E-state index is 13.7. The van der Waals surface area contributed by atoms with Crippen molar-refractivity contribution in [3.05, 3.63) is 70.2 Å². The summed E-state index contributed by atoms with van der Waals surface area (Å²) in [6.07, 6.45) is 0.404. The molecule has 0 aliphatic rings. The van der Waals surface area contributed by atoms with Crippen LogP contribution in [0.1, 0.15) is 17.2 Å². The van der Waals surface area contributed by atoms with Gasteiger partial charge in [-0.05, 0) is 24.1 Å². The maximum Gasteiger partial charge on any atom is 0.165 e. The van der Waals surface area contributed by atoms with Crippen LogP contribution in [0.5, 0.6) is 0 Å². The van der Waals surface area contributed by atoms with Crippen LogP contribution in [-0.4, -0.2) is 0 Å². The van der Waals surface area contributed by atoms with Gasteiger partial charge in [-0.15, -0.1) is 0 Å². The molecule has 0 fully saturated rings. The molecule has 0 saturated carbocycles. The highest BCUT2D eigenvalue weighted by atomic mass is 35.5. The summed E-state index contributed by atoms with van der Waals surface area (Å²) in [5.41, 5.74) is 6.88. The van der Waals surface area contributed by atoms with Crippen LogP contribution >= 0.6 is 11.6 Å². The molecule has 1 nitrogen and oxygen atoms in total. The summed E-state index contributed by atoms with van der Waals surface area (Å²) in [6, 6.07) is 11.0. The van der Waals surface area contributed by atoms with Crippen molar-refractivity contribution in [2.24, 2.45) is 5.73 Å². The highest BCUT2D eigenvalue weighted by molar-refractivity contribution is 6.31. The molecule has 0 bridgehead atoms. The Balaban J connectivity index is 2.29. The van der Waals surface area contributed by atoms with Gasteiger partial charge in [-0.25, -0.2) is 8.78 Å². The number of halogens is 3. The zero-order chi connectivity index (χ0) is 13.1. The van der Waals surface area contributed by atoms with Gasteiger partial charge in [0.25, 0.3) is 0 Å². The molecule has 1 unspecified atom stereocenters. The van der Waals surface area contributed by atoms with E-state index in [0.717, 1.165) is 11.6 Å². The Labute approximate surface area is 109 Å². The fourth-order valence-electron chi connectivity index (χ4n) is 1.85. The average Bonchev–Trinajstić information content (AvgIpc) is 2.36. The molecular formula is C14H12ClF2N. The van der Waals surface area contributed by atoms with Crippen molar-refractivity contribution in [3.8, 4) is 0 Å². The van der Waals surface area contributed by atoms with Crippen LogP contribution in [0.25, 0.3) is 0 Å². The highest BCUT2D eigenvalue weighted by Gasteiger charge is 2.19. The molecule has 2 rings (SSSR count). The number of rotatable bonds is 3. The summed E-state index contributed by atoms with van der Waals surface area (Å²) in [6.45, 7) is 0. The van der Waals surface area contributed by atoms with E-state index in [1.165, 1.54) is 6.07 Å². The second-order valence-electron chi connectivity index (χ2n) is 4.05. The van der Waals surface area contributed by atoms with Crippen LogP contribution in [-0.2, 0) is 6.42 Å². The zero-order valence-electron chi connectivity index (χ0n) is 9.54. The lowest BCUT2D eigenvalue weighted by Gasteiger charge is -2.15. The molecule has 0 aromatic heterocycles. The highest BCUT2D eigenvalue weighted by Crippen LogP contribution is 2.28. The van der Waals surface area contributed by atoms with Gasteiger partial charge in [0.2, 0.25) is 0 Å². The van der Waals surface area contributed by atoms with Gasteiger partial charge in [-0.3, -0.25) is 0 Å². The Bertz CT molecular complexity index is 543. The van der Waals surface area contributed by atoms with E-state index in [0.29, 0.717) is 6.42 Å². The van der Waals surface area contributed by atoms with E-state index in [1.54, 1.807) is 0 Å². The topological polar surface area (TPSA) is 26.0 Å². The Morgan fingerprint density at radius 2 is 1.72 bits per heavy atom. The number of hydrogen-bond acceptors (Lipinski definition) is 1. The molecule has 2 aromatic carbocycles. The Kier molecular flexibility index (Phi) is 3.94. The van der Waals surface area contributed by atoms with Crippen LogP contribution in [0.3, 0.4) is 0 Å². The van der Waals surface area contributed by atoms with Gasteiger partial charge in [-0.2, -0.15) is 0 Å². The van der Waals surface area contributed by atoms with E-state index in [1.807, 2.05) is 30.3 Å². The maximum atomic E-state index is 13.7. The van der Waals surface area contributed by atoms with Crippen molar-refractivity contribution >= 4 is 11.6 Å². The summed E-state index contributed by atoms with van der Waals surface area (Å²) >= 11 is 5.88. The van der Waals surface area contributed by atoms with Crippen LogP contribution in [0.15, 0.2) is 42.5 Å². The molecular weight excluding hydrogens is 256 g/mol. The summed E-state index contributed by atoms with van der Waals surface area (Å²) in [4.78, 5) is 0.